The molecule has 2 heteroatoms. The third kappa shape index (κ3) is 1.90. The van der Waals surface area contributed by atoms with Gasteiger partial charge in [-0.15, -0.1) is 0 Å². The van der Waals surface area contributed by atoms with Gasteiger partial charge in [0.15, 0.2) is 0 Å². The van der Waals surface area contributed by atoms with Gasteiger partial charge in [0.1, 0.15) is 0 Å². The standard InChI is InChI=1S/C15H27NO/c1-13(2,3)16-12(17)10-9-15(6)8-7-11(10)14(15,4)5/h10-11H,7-9H2,1-6H3,(H,16,17). The monoisotopic (exact) mass is 237 g/mol. The van der Waals surface area contributed by atoms with Crippen molar-refractivity contribution in [3.63, 3.8) is 0 Å². The summed E-state index contributed by atoms with van der Waals surface area (Å²) in [7, 11) is 0. The van der Waals surface area contributed by atoms with Crippen LogP contribution in [0, 0.1) is 22.7 Å². The molecule has 0 heterocycles. The molecule has 17 heavy (non-hydrogen) atoms. The number of carbonyl (C=O) groups excluding carboxylic acids is 1. The Hall–Kier alpha value is -0.530. The molecule has 3 atom stereocenters. The molecule has 1 amide bonds. The number of hydrogen-bond donors (Lipinski definition) is 1. The van der Waals surface area contributed by atoms with Gasteiger partial charge in [-0.05, 0) is 56.8 Å². The number of hydrogen-bond acceptors (Lipinski definition) is 1. The van der Waals surface area contributed by atoms with Gasteiger partial charge >= 0.3 is 0 Å². The molecule has 0 aliphatic heterocycles. The van der Waals surface area contributed by atoms with E-state index in [4.69, 9.17) is 0 Å². The van der Waals surface area contributed by atoms with Gasteiger partial charge in [-0.1, -0.05) is 20.8 Å². The van der Waals surface area contributed by atoms with E-state index in [0.29, 0.717) is 16.7 Å². The Balaban J connectivity index is 2.15. The van der Waals surface area contributed by atoms with Crippen molar-refractivity contribution in [1.82, 2.24) is 5.32 Å². The molecule has 0 spiro atoms. The van der Waals surface area contributed by atoms with Crippen LogP contribution < -0.4 is 5.32 Å². The van der Waals surface area contributed by atoms with E-state index in [0.717, 1.165) is 6.42 Å². The molecule has 0 aromatic heterocycles. The zero-order chi connectivity index (χ0) is 13.1. The number of amides is 1. The van der Waals surface area contributed by atoms with E-state index < -0.39 is 0 Å². The number of fused-ring (bicyclic) bond motifs is 2. The summed E-state index contributed by atoms with van der Waals surface area (Å²) in [5.74, 6) is 1.09. The summed E-state index contributed by atoms with van der Waals surface area (Å²) in [6.45, 7) is 13.3. The first kappa shape index (κ1) is 12.9. The van der Waals surface area contributed by atoms with E-state index in [1.807, 2.05) is 0 Å². The Labute approximate surface area is 106 Å². The Morgan fingerprint density at radius 1 is 1.24 bits per heavy atom. The molecule has 2 aliphatic rings. The van der Waals surface area contributed by atoms with Crippen LogP contribution in [0.25, 0.3) is 0 Å². The highest BCUT2D eigenvalue weighted by molar-refractivity contribution is 5.80. The molecule has 2 saturated carbocycles. The fraction of sp³-hybridized carbons (Fsp3) is 0.933. The maximum absolute atomic E-state index is 12.4. The van der Waals surface area contributed by atoms with Crippen molar-refractivity contribution in [2.24, 2.45) is 22.7 Å². The number of rotatable bonds is 1. The minimum Gasteiger partial charge on any atom is -0.351 e. The zero-order valence-electron chi connectivity index (χ0n) is 12.2. The number of carbonyl (C=O) groups is 1. The molecule has 0 saturated heterocycles. The van der Waals surface area contributed by atoms with Crippen LogP contribution in [-0.4, -0.2) is 11.4 Å². The van der Waals surface area contributed by atoms with E-state index in [1.165, 1.54) is 12.8 Å². The Kier molecular flexibility index (Phi) is 2.65. The van der Waals surface area contributed by atoms with Gasteiger partial charge in [0, 0.05) is 11.5 Å². The highest BCUT2D eigenvalue weighted by Gasteiger charge is 2.62. The molecule has 3 unspecified atom stereocenters. The van der Waals surface area contributed by atoms with Crippen LogP contribution in [0.2, 0.25) is 0 Å². The minimum absolute atomic E-state index is 0.107. The van der Waals surface area contributed by atoms with Crippen LogP contribution in [0.3, 0.4) is 0 Å². The van der Waals surface area contributed by atoms with E-state index in [2.05, 4.69) is 46.9 Å². The van der Waals surface area contributed by atoms with E-state index >= 15 is 0 Å². The third-order valence-electron chi connectivity index (χ3n) is 5.48. The SMILES string of the molecule is CC(C)(C)NC(=O)C1CC2(C)CCC1C2(C)C. The molecule has 0 aromatic carbocycles. The van der Waals surface area contributed by atoms with Crippen molar-refractivity contribution in [2.45, 2.75) is 66.3 Å². The lowest BCUT2D eigenvalue weighted by Gasteiger charge is -2.34. The fourth-order valence-electron chi connectivity index (χ4n) is 4.04. The van der Waals surface area contributed by atoms with Gasteiger partial charge in [-0.25, -0.2) is 0 Å². The van der Waals surface area contributed by atoms with E-state index in [9.17, 15) is 4.79 Å². The smallest absolute Gasteiger partial charge is 0.223 e. The van der Waals surface area contributed by atoms with Gasteiger partial charge in [0.25, 0.3) is 0 Å². The van der Waals surface area contributed by atoms with Gasteiger partial charge in [0.2, 0.25) is 5.91 Å². The lowest BCUT2D eigenvalue weighted by atomic mass is 9.71. The van der Waals surface area contributed by atoms with Gasteiger partial charge < -0.3 is 5.32 Å². The molecule has 2 nitrogen and oxygen atoms in total. The quantitative estimate of drug-likeness (QED) is 0.744. The van der Waals surface area contributed by atoms with Crippen LogP contribution in [-0.2, 0) is 4.79 Å². The first-order chi connectivity index (χ1) is 7.57. The molecular weight excluding hydrogens is 210 g/mol. The predicted molar refractivity (Wildman–Crippen MR) is 70.6 cm³/mol. The van der Waals surface area contributed by atoms with Crippen molar-refractivity contribution >= 4 is 5.91 Å². The average Bonchev–Trinajstić information content (AvgIpc) is 2.45. The van der Waals surface area contributed by atoms with Gasteiger partial charge in [0.05, 0.1) is 0 Å². The lowest BCUT2D eigenvalue weighted by molar-refractivity contribution is -0.128. The van der Waals surface area contributed by atoms with Gasteiger partial charge in [-0.3, -0.25) is 4.79 Å². The van der Waals surface area contributed by atoms with E-state index in [-0.39, 0.29) is 17.4 Å². The molecule has 2 aliphatic carbocycles. The summed E-state index contributed by atoms with van der Waals surface area (Å²) < 4.78 is 0. The molecule has 0 radical (unpaired) electrons. The Morgan fingerprint density at radius 2 is 1.82 bits per heavy atom. The summed E-state index contributed by atoms with van der Waals surface area (Å²) >= 11 is 0. The van der Waals surface area contributed by atoms with Crippen LogP contribution in [0.5, 0.6) is 0 Å². The topological polar surface area (TPSA) is 29.1 Å². The second kappa shape index (κ2) is 3.49. The molecular formula is C15H27NO. The highest BCUT2D eigenvalue weighted by Crippen LogP contribution is 2.67. The molecule has 2 fully saturated rings. The summed E-state index contributed by atoms with van der Waals surface area (Å²) in [6.07, 6.45) is 3.60. The average molecular weight is 237 g/mol. The second-order valence-corrected chi connectivity index (χ2v) is 7.98. The van der Waals surface area contributed by atoms with Crippen LogP contribution in [0.4, 0.5) is 0 Å². The second-order valence-electron chi connectivity index (χ2n) is 7.98. The first-order valence-electron chi connectivity index (χ1n) is 6.89. The Morgan fingerprint density at radius 3 is 2.18 bits per heavy atom. The fourth-order valence-corrected chi connectivity index (χ4v) is 4.04. The van der Waals surface area contributed by atoms with Crippen molar-refractivity contribution in [3.05, 3.63) is 0 Å². The molecule has 0 aromatic rings. The van der Waals surface area contributed by atoms with Crippen molar-refractivity contribution in [1.29, 1.82) is 0 Å². The summed E-state index contributed by atoms with van der Waals surface area (Å²) in [5, 5.41) is 3.16. The third-order valence-corrected chi connectivity index (χ3v) is 5.48. The first-order valence-corrected chi connectivity index (χ1v) is 6.89. The normalized spacial score (nSPS) is 39.4. The minimum atomic E-state index is -0.107. The summed E-state index contributed by atoms with van der Waals surface area (Å²) in [5.41, 5.74) is 0.592. The van der Waals surface area contributed by atoms with Crippen molar-refractivity contribution in [2.75, 3.05) is 0 Å². The molecule has 1 N–H and O–H groups in total. The molecule has 98 valence electrons. The van der Waals surface area contributed by atoms with Crippen LogP contribution in [0.1, 0.15) is 60.8 Å². The number of nitrogens with one attached hydrogen (secondary N) is 1. The molecule has 2 bridgehead atoms. The predicted octanol–water partition coefficient (Wildman–Crippen LogP) is 3.36. The Bertz CT molecular complexity index is 337. The van der Waals surface area contributed by atoms with E-state index in [1.54, 1.807) is 0 Å². The lowest BCUT2D eigenvalue weighted by Crippen LogP contribution is -2.45. The van der Waals surface area contributed by atoms with Crippen LogP contribution >= 0.6 is 0 Å². The van der Waals surface area contributed by atoms with Crippen molar-refractivity contribution < 1.29 is 4.79 Å². The van der Waals surface area contributed by atoms with Gasteiger partial charge in [-0.2, -0.15) is 0 Å². The van der Waals surface area contributed by atoms with Crippen molar-refractivity contribution in [3.8, 4) is 0 Å². The maximum atomic E-state index is 12.4. The highest BCUT2D eigenvalue weighted by atomic mass is 16.2. The maximum Gasteiger partial charge on any atom is 0.223 e. The van der Waals surface area contributed by atoms with Crippen LogP contribution in [0.15, 0.2) is 0 Å². The largest absolute Gasteiger partial charge is 0.351 e. The summed E-state index contributed by atoms with van der Waals surface area (Å²) in [6, 6.07) is 0. The zero-order valence-corrected chi connectivity index (χ0v) is 12.2. The molecule has 2 rings (SSSR count). The summed E-state index contributed by atoms with van der Waals surface area (Å²) in [4.78, 5) is 12.4.